The van der Waals surface area contributed by atoms with Crippen molar-refractivity contribution in [2.75, 3.05) is 4.90 Å². The van der Waals surface area contributed by atoms with Gasteiger partial charge in [0.1, 0.15) is 0 Å². The van der Waals surface area contributed by atoms with Crippen LogP contribution in [0.1, 0.15) is 25.0 Å². The van der Waals surface area contributed by atoms with E-state index in [9.17, 15) is 0 Å². The molecule has 0 atom stereocenters. The molecule has 1 aliphatic rings. The zero-order chi connectivity index (χ0) is 36.7. The zero-order valence-electron chi connectivity index (χ0n) is 30.9. The highest BCUT2D eigenvalue weighted by Crippen LogP contribution is 2.51. The Hall–Kier alpha value is -6.90. The number of fused-ring (bicyclic) bond motifs is 9. The molecule has 0 amide bonds. The van der Waals surface area contributed by atoms with Gasteiger partial charge in [-0.25, -0.2) is 0 Å². The average molecular weight is 703 g/mol. The van der Waals surface area contributed by atoms with Crippen LogP contribution < -0.4 is 4.90 Å². The van der Waals surface area contributed by atoms with Crippen LogP contribution in [0.2, 0.25) is 0 Å². The van der Waals surface area contributed by atoms with Gasteiger partial charge in [-0.2, -0.15) is 0 Å². The molecule has 1 aliphatic carbocycles. The maximum Gasteiger partial charge on any atom is 0.0619 e. The van der Waals surface area contributed by atoms with Crippen LogP contribution in [0.15, 0.2) is 194 Å². The van der Waals surface area contributed by atoms with Gasteiger partial charge in [0.15, 0.2) is 0 Å². The van der Waals surface area contributed by atoms with Crippen LogP contribution in [-0.2, 0) is 5.41 Å². The molecule has 0 radical (unpaired) electrons. The van der Waals surface area contributed by atoms with E-state index in [0.29, 0.717) is 0 Å². The van der Waals surface area contributed by atoms with E-state index in [0.717, 1.165) is 11.4 Å². The Balaban J connectivity index is 1.10. The second-order valence-corrected chi connectivity index (χ2v) is 15.3. The quantitative estimate of drug-likeness (QED) is 0.173. The van der Waals surface area contributed by atoms with Crippen molar-refractivity contribution < 1.29 is 0 Å². The molecule has 0 saturated carbocycles. The highest BCUT2D eigenvalue weighted by molar-refractivity contribution is 6.22. The van der Waals surface area contributed by atoms with Crippen molar-refractivity contribution in [3.63, 3.8) is 0 Å². The van der Waals surface area contributed by atoms with Crippen molar-refractivity contribution in [2.24, 2.45) is 0 Å². The minimum absolute atomic E-state index is 0.0977. The summed E-state index contributed by atoms with van der Waals surface area (Å²) in [4.78, 5) is 2.44. The summed E-state index contributed by atoms with van der Waals surface area (Å²) in [5, 5.41) is 7.46. The van der Waals surface area contributed by atoms with Crippen LogP contribution in [0, 0.1) is 0 Å². The molecular weight excluding hydrogens is 665 g/mol. The number of nitrogens with zero attached hydrogens (tertiary/aromatic N) is 2. The maximum absolute atomic E-state index is 2.44. The Bertz CT molecular complexity index is 3110. The van der Waals surface area contributed by atoms with Gasteiger partial charge in [-0.3, -0.25) is 0 Å². The Kier molecular flexibility index (Phi) is 6.93. The number of hydrogen-bond donors (Lipinski definition) is 0. The molecule has 260 valence electrons. The molecule has 2 nitrogen and oxygen atoms in total. The second-order valence-electron chi connectivity index (χ2n) is 15.3. The molecule has 1 heterocycles. The Morgan fingerprint density at radius 3 is 1.89 bits per heavy atom. The fraction of sp³-hybridized carbons (Fsp3) is 0.0566. The third kappa shape index (κ3) is 4.74. The minimum Gasteiger partial charge on any atom is -0.310 e. The largest absolute Gasteiger partial charge is 0.310 e. The van der Waals surface area contributed by atoms with Gasteiger partial charge in [0.2, 0.25) is 0 Å². The Morgan fingerprint density at radius 1 is 0.418 bits per heavy atom. The van der Waals surface area contributed by atoms with Crippen molar-refractivity contribution in [2.45, 2.75) is 19.3 Å². The molecule has 1 aromatic heterocycles. The molecular formula is C53H38N2. The summed E-state index contributed by atoms with van der Waals surface area (Å²) in [7, 11) is 0. The lowest BCUT2D eigenvalue weighted by Gasteiger charge is -2.29. The summed E-state index contributed by atoms with van der Waals surface area (Å²) >= 11 is 0. The van der Waals surface area contributed by atoms with Crippen molar-refractivity contribution in [1.29, 1.82) is 0 Å². The molecule has 0 unspecified atom stereocenters. The average Bonchev–Trinajstić information content (AvgIpc) is 3.70. The minimum atomic E-state index is -0.0977. The second kappa shape index (κ2) is 12.1. The number of rotatable bonds is 5. The van der Waals surface area contributed by atoms with Crippen molar-refractivity contribution in [3.05, 3.63) is 205 Å². The zero-order valence-corrected chi connectivity index (χ0v) is 30.9. The molecule has 0 saturated heterocycles. The molecule has 0 bridgehead atoms. The van der Waals surface area contributed by atoms with E-state index >= 15 is 0 Å². The maximum atomic E-state index is 2.44. The molecule has 10 aromatic rings. The third-order valence-corrected chi connectivity index (χ3v) is 12.0. The van der Waals surface area contributed by atoms with Gasteiger partial charge < -0.3 is 9.47 Å². The van der Waals surface area contributed by atoms with Gasteiger partial charge in [0.25, 0.3) is 0 Å². The highest BCUT2D eigenvalue weighted by Gasteiger charge is 2.35. The van der Waals surface area contributed by atoms with E-state index in [-0.39, 0.29) is 5.41 Å². The first-order chi connectivity index (χ1) is 27.1. The van der Waals surface area contributed by atoms with Crippen molar-refractivity contribution in [3.8, 4) is 27.9 Å². The molecule has 11 rings (SSSR count). The lowest BCUT2D eigenvalue weighted by Crippen LogP contribution is -2.16. The van der Waals surface area contributed by atoms with Crippen molar-refractivity contribution >= 4 is 60.4 Å². The van der Waals surface area contributed by atoms with E-state index < -0.39 is 0 Å². The van der Waals surface area contributed by atoms with Crippen LogP contribution in [0.5, 0.6) is 0 Å². The molecule has 55 heavy (non-hydrogen) atoms. The monoisotopic (exact) mass is 702 g/mol. The Labute approximate surface area is 321 Å². The van der Waals surface area contributed by atoms with Crippen molar-refractivity contribution in [1.82, 2.24) is 4.57 Å². The molecule has 0 spiro atoms. The number of anilines is 3. The molecule has 9 aromatic carbocycles. The summed E-state index contributed by atoms with van der Waals surface area (Å²) in [6, 6.07) is 71.4. The normalized spacial score (nSPS) is 13.1. The van der Waals surface area contributed by atoms with E-state index in [4.69, 9.17) is 0 Å². The van der Waals surface area contributed by atoms with Gasteiger partial charge in [-0.05, 0) is 98.8 Å². The molecule has 0 fully saturated rings. The molecule has 0 N–H and O–H groups in total. The standard InChI is InChI=1S/C53H38N2/c1-53(2)48-24-12-10-21-42(48)43-32-31-39(33-49(43)53)54(50-26-14-16-35-15-6-7-19-40(35)50)38-29-27-36(28-30-38)46-34-47-44-22-11-13-25-51(44)55(37-17-4-3-5-18-37)52(47)45-23-9-8-20-41(45)46/h3-34H,1-2H3. The first-order valence-electron chi connectivity index (χ1n) is 19.2. The first-order valence-corrected chi connectivity index (χ1v) is 19.2. The summed E-state index contributed by atoms with van der Waals surface area (Å²) < 4.78 is 2.43. The predicted molar refractivity (Wildman–Crippen MR) is 233 cm³/mol. The summed E-state index contributed by atoms with van der Waals surface area (Å²) in [6.45, 7) is 4.72. The fourth-order valence-corrected chi connectivity index (χ4v) is 9.36. The highest BCUT2D eigenvalue weighted by atomic mass is 15.1. The lowest BCUT2D eigenvalue weighted by molar-refractivity contribution is 0.660. The van der Waals surface area contributed by atoms with Gasteiger partial charge in [-0.15, -0.1) is 0 Å². The summed E-state index contributed by atoms with van der Waals surface area (Å²) in [5.41, 5.74) is 14.8. The van der Waals surface area contributed by atoms with Gasteiger partial charge in [0, 0.05) is 44.0 Å². The van der Waals surface area contributed by atoms with Gasteiger partial charge in [-0.1, -0.05) is 153 Å². The van der Waals surface area contributed by atoms with E-state index in [2.05, 4.69) is 217 Å². The number of aromatic nitrogens is 1. The van der Waals surface area contributed by atoms with Crippen LogP contribution in [0.4, 0.5) is 17.1 Å². The number of hydrogen-bond acceptors (Lipinski definition) is 1. The number of benzene rings is 9. The molecule has 0 aliphatic heterocycles. The predicted octanol–water partition coefficient (Wildman–Crippen LogP) is 14.5. The third-order valence-electron chi connectivity index (χ3n) is 12.0. The lowest BCUT2D eigenvalue weighted by atomic mass is 9.82. The van der Waals surface area contributed by atoms with Crippen LogP contribution in [0.3, 0.4) is 0 Å². The van der Waals surface area contributed by atoms with E-state index in [1.807, 2.05) is 0 Å². The smallest absolute Gasteiger partial charge is 0.0619 e. The van der Waals surface area contributed by atoms with Gasteiger partial charge >= 0.3 is 0 Å². The SMILES string of the molecule is CC1(C)c2ccccc2-c2ccc(N(c3ccc(-c4cc5c6ccccc6n(-c6ccccc6)c5c5ccccc45)cc3)c3cccc4ccccc34)cc21. The summed E-state index contributed by atoms with van der Waals surface area (Å²) in [6.07, 6.45) is 0. The number of para-hydroxylation sites is 2. The van der Waals surface area contributed by atoms with E-state index in [1.165, 1.54) is 88.1 Å². The van der Waals surface area contributed by atoms with E-state index in [1.54, 1.807) is 0 Å². The van der Waals surface area contributed by atoms with Crippen LogP contribution >= 0.6 is 0 Å². The summed E-state index contributed by atoms with van der Waals surface area (Å²) in [5.74, 6) is 0. The first kappa shape index (κ1) is 31.6. The Morgan fingerprint density at radius 2 is 1.05 bits per heavy atom. The van der Waals surface area contributed by atoms with Crippen LogP contribution in [-0.4, -0.2) is 4.57 Å². The topological polar surface area (TPSA) is 8.17 Å². The van der Waals surface area contributed by atoms with Gasteiger partial charge in [0.05, 0.1) is 16.7 Å². The molecule has 2 heteroatoms. The fourth-order valence-electron chi connectivity index (χ4n) is 9.36. The van der Waals surface area contributed by atoms with Crippen LogP contribution in [0.25, 0.3) is 71.3 Å².